The fourth-order valence-electron chi connectivity index (χ4n) is 3.13. The number of nitrogens with one attached hydrogen (secondary N) is 1. The molecule has 1 N–H and O–H groups in total. The predicted octanol–water partition coefficient (Wildman–Crippen LogP) is 4.20. The summed E-state index contributed by atoms with van der Waals surface area (Å²) in [5.74, 6) is 2.10. The lowest BCUT2D eigenvalue weighted by Gasteiger charge is -2.10. The number of rotatable bonds is 5. The van der Waals surface area contributed by atoms with Gasteiger partial charge in [-0.2, -0.15) is 0 Å². The number of sulfonamides is 1. The molecule has 0 unspecified atom stereocenters. The van der Waals surface area contributed by atoms with Crippen molar-refractivity contribution in [1.29, 1.82) is 0 Å². The van der Waals surface area contributed by atoms with Gasteiger partial charge < -0.3 is 13.9 Å². The fraction of sp³-hybridized carbons (Fsp3) is 0.190. The molecule has 0 saturated carbocycles. The predicted molar refractivity (Wildman–Crippen MR) is 113 cm³/mol. The fourth-order valence-corrected chi connectivity index (χ4v) is 5.06. The number of benzene rings is 2. The van der Waals surface area contributed by atoms with Gasteiger partial charge in [-0.15, -0.1) is 11.3 Å². The van der Waals surface area contributed by atoms with E-state index in [-0.39, 0.29) is 11.4 Å². The van der Waals surface area contributed by atoms with E-state index in [1.807, 2.05) is 24.3 Å². The van der Waals surface area contributed by atoms with Crippen LogP contribution in [0.4, 0.5) is 0 Å². The molecule has 1 aliphatic heterocycles. The van der Waals surface area contributed by atoms with Crippen LogP contribution >= 0.6 is 11.3 Å². The van der Waals surface area contributed by atoms with Crippen LogP contribution in [0, 0.1) is 0 Å². The smallest absolute Gasteiger partial charge is 0.241 e. The van der Waals surface area contributed by atoms with E-state index in [1.54, 1.807) is 18.2 Å². The molecule has 0 saturated heterocycles. The molecule has 0 radical (unpaired) electrons. The van der Waals surface area contributed by atoms with Crippen molar-refractivity contribution in [3.05, 3.63) is 60.4 Å². The highest BCUT2D eigenvalue weighted by atomic mass is 32.2. The van der Waals surface area contributed by atoms with Crippen molar-refractivity contribution in [3.8, 4) is 22.3 Å². The minimum Gasteiger partial charge on any atom is -0.490 e. The standard InChI is InChI=1S/C21H18N2O5S2/c24-30(25,15-7-9-17-19(12-15)27-11-3-10-26-17)22-13-14-6-8-18(28-14)21-23-16-4-1-2-5-20(16)29-21/h1-2,4-9,12,22H,3,10-11,13H2. The minimum atomic E-state index is -3.74. The molecule has 0 fully saturated rings. The topological polar surface area (TPSA) is 90.7 Å². The maximum absolute atomic E-state index is 12.7. The second kappa shape index (κ2) is 7.75. The Kier molecular flexibility index (Phi) is 4.93. The molecule has 0 amide bonds. The van der Waals surface area contributed by atoms with Crippen LogP contribution in [0.5, 0.6) is 11.5 Å². The molecule has 5 rings (SSSR count). The van der Waals surface area contributed by atoms with E-state index in [0.717, 1.165) is 21.6 Å². The van der Waals surface area contributed by atoms with Crippen molar-refractivity contribution in [2.75, 3.05) is 13.2 Å². The zero-order valence-electron chi connectivity index (χ0n) is 15.8. The Morgan fingerprint density at radius 1 is 1.00 bits per heavy atom. The molecule has 154 valence electrons. The van der Waals surface area contributed by atoms with E-state index in [2.05, 4.69) is 9.71 Å². The monoisotopic (exact) mass is 442 g/mol. The number of thiazole rings is 1. The highest BCUT2D eigenvalue weighted by molar-refractivity contribution is 7.89. The first kappa shape index (κ1) is 19.1. The summed E-state index contributed by atoms with van der Waals surface area (Å²) in [4.78, 5) is 4.68. The summed E-state index contributed by atoms with van der Waals surface area (Å²) in [7, 11) is -3.74. The van der Waals surface area contributed by atoms with Gasteiger partial charge in [-0.05, 0) is 36.4 Å². The van der Waals surface area contributed by atoms with Crippen molar-refractivity contribution in [1.82, 2.24) is 9.71 Å². The van der Waals surface area contributed by atoms with Gasteiger partial charge in [0.05, 0.1) is 34.9 Å². The number of furan rings is 1. The third-order valence-corrected chi connectivity index (χ3v) is 7.08. The van der Waals surface area contributed by atoms with Crippen molar-refractivity contribution >= 4 is 31.6 Å². The summed E-state index contributed by atoms with van der Waals surface area (Å²) in [5, 5.41) is 0.758. The van der Waals surface area contributed by atoms with Crippen molar-refractivity contribution in [2.45, 2.75) is 17.9 Å². The van der Waals surface area contributed by atoms with Gasteiger partial charge in [-0.3, -0.25) is 0 Å². The SMILES string of the molecule is O=S(=O)(NCc1ccc(-c2nc3ccccc3s2)o1)c1ccc2c(c1)OCCCO2. The number of fused-ring (bicyclic) bond motifs is 2. The first-order valence-corrected chi connectivity index (χ1v) is 11.7. The maximum Gasteiger partial charge on any atom is 0.241 e. The number of nitrogens with zero attached hydrogens (tertiary/aromatic N) is 1. The van der Waals surface area contributed by atoms with Gasteiger partial charge in [0, 0.05) is 12.5 Å². The van der Waals surface area contributed by atoms with Gasteiger partial charge in [0.2, 0.25) is 10.0 Å². The number of aromatic nitrogens is 1. The summed E-state index contributed by atoms with van der Waals surface area (Å²) in [6, 6.07) is 16.0. The molecule has 4 aromatic rings. The first-order chi connectivity index (χ1) is 14.6. The molecule has 9 heteroatoms. The summed E-state index contributed by atoms with van der Waals surface area (Å²) >= 11 is 1.53. The van der Waals surface area contributed by atoms with Crippen LogP contribution in [0.25, 0.3) is 21.0 Å². The Morgan fingerprint density at radius 2 is 1.83 bits per heavy atom. The Hall–Kier alpha value is -2.88. The third-order valence-electron chi connectivity index (χ3n) is 4.63. The molecule has 3 heterocycles. The van der Waals surface area contributed by atoms with Crippen LogP contribution in [0.15, 0.2) is 63.9 Å². The molecule has 2 aromatic carbocycles. The Labute approximate surface area is 177 Å². The van der Waals surface area contributed by atoms with Crippen LogP contribution < -0.4 is 14.2 Å². The Morgan fingerprint density at radius 3 is 2.70 bits per heavy atom. The number of hydrogen-bond donors (Lipinski definition) is 1. The van der Waals surface area contributed by atoms with Gasteiger partial charge >= 0.3 is 0 Å². The average Bonchev–Trinajstić information content (AvgIpc) is 3.33. The van der Waals surface area contributed by atoms with Crippen LogP contribution in [-0.2, 0) is 16.6 Å². The summed E-state index contributed by atoms with van der Waals surface area (Å²) in [6.45, 7) is 1.07. The van der Waals surface area contributed by atoms with Gasteiger partial charge in [0.25, 0.3) is 0 Å². The first-order valence-electron chi connectivity index (χ1n) is 9.42. The molecule has 0 atom stereocenters. The van der Waals surface area contributed by atoms with Crippen LogP contribution in [-0.4, -0.2) is 26.6 Å². The van der Waals surface area contributed by atoms with E-state index >= 15 is 0 Å². The summed E-state index contributed by atoms with van der Waals surface area (Å²) < 4.78 is 46.0. The molecule has 0 aliphatic carbocycles. The maximum atomic E-state index is 12.7. The zero-order chi connectivity index (χ0) is 20.6. The van der Waals surface area contributed by atoms with E-state index in [1.165, 1.54) is 23.5 Å². The molecule has 30 heavy (non-hydrogen) atoms. The average molecular weight is 443 g/mol. The largest absolute Gasteiger partial charge is 0.490 e. The number of para-hydroxylation sites is 1. The lowest BCUT2D eigenvalue weighted by atomic mass is 10.3. The van der Waals surface area contributed by atoms with E-state index < -0.39 is 10.0 Å². The minimum absolute atomic E-state index is 0.0294. The summed E-state index contributed by atoms with van der Waals surface area (Å²) in [6.07, 6.45) is 0.754. The second-order valence-electron chi connectivity index (χ2n) is 6.74. The van der Waals surface area contributed by atoms with Gasteiger partial charge in [-0.1, -0.05) is 12.1 Å². The third kappa shape index (κ3) is 3.79. The highest BCUT2D eigenvalue weighted by Crippen LogP contribution is 2.33. The van der Waals surface area contributed by atoms with E-state index in [4.69, 9.17) is 13.9 Å². The molecule has 0 spiro atoms. The van der Waals surface area contributed by atoms with Crippen molar-refractivity contribution in [3.63, 3.8) is 0 Å². The van der Waals surface area contributed by atoms with E-state index in [9.17, 15) is 8.42 Å². The van der Waals surface area contributed by atoms with Gasteiger partial charge in [-0.25, -0.2) is 18.1 Å². The zero-order valence-corrected chi connectivity index (χ0v) is 17.5. The van der Waals surface area contributed by atoms with E-state index in [0.29, 0.717) is 36.2 Å². The molecule has 0 bridgehead atoms. The van der Waals surface area contributed by atoms with Crippen LogP contribution in [0.3, 0.4) is 0 Å². The number of hydrogen-bond acceptors (Lipinski definition) is 7. The molecular weight excluding hydrogens is 424 g/mol. The van der Waals surface area contributed by atoms with Crippen molar-refractivity contribution < 1.29 is 22.3 Å². The van der Waals surface area contributed by atoms with Gasteiger partial charge in [0.15, 0.2) is 22.3 Å². The number of ether oxygens (including phenoxy) is 2. The lowest BCUT2D eigenvalue weighted by Crippen LogP contribution is -2.23. The summed E-state index contributed by atoms with van der Waals surface area (Å²) in [5.41, 5.74) is 0.908. The normalized spacial score (nSPS) is 14.0. The molecule has 1 aliphatic rings. The molecule has 2 aromatic heterocycles. The lowest BCUT2D eigenvalue weighted by molar-refractivity contribution is 0.297. The second-order valence-corrected chi connectivity index (χ2v) is 9.53. The highest BCUT2D eigenvalue weighted by Gasteiger charge is 2.19. The quantitative estimate of drug-likeness (QED) is 0.498. The Bertz CT molecular complexity index is 1280. The van der Waals surface area contributed by atoms with Gasteiger partial charge in [0.1, 0.15) is 5.76 Å². The van der Waals surface area contributed by atoms with Crippen LogP contribution in [0.2, 0.25) is 0 Å². The van der Waals surface area contributed by atoms with Crippen molar-refractivity contribution in [2.24, 2.45) is 0 Å². The molecular formula is C21H18N2O5S2. The van der Waals surface area contributed by atoms with Crippen LogP contribution in [0.1, 0.15) is 12.2 Å². The Balaban J connectivity index is 1.32. The molecule has 7 nitrogen and oxygen atoms in total.